The van der Waals surface area contributed by atoms with Gasteiger partial charge in [-0.2, -0.15) is 0 Å². The summed E-state index contributed by atoms with van der Waals surface area (Å²) < 4.78 is 4.49. The third-order valence-corrected chi connectivity index (χ3v) is 2.42. The number of nitrogens with zero attached hydrogens (tertiary/aromatic N) is 1. The average molecular weight is 200 g/mol. The van der Waals surface area contributed by atoms with E-state index in [0.29, 0.717) is 6.61 Å². The number of carbonyl (C=O) groups excluding carboxylic acids is 1. The van der Waals surface area contributed by atoms with Crippen LogP contribution >= 0.6 is 0 Å². The highest BCUT2D eigenvalue weighted by Gasteiger charge is 1.97. The van der Waals surface area contributed by atoms with E-state index in [-0.39, 0.29) is 0 Å². The fourth-order valence-electron chi connectivity index (χ4n) is 1.44. The molecule has 3 nitrogen and oxygen atoms in total. The van der Waals surface area contributed by atoms with Crippen molar-refractivity contribution >= 4 is 6.47 Å². The van der Waals surface area contributed by atoms with Crippen LogP contribution in [0.2, 0.25) is 0 Å². The Balaban J connectivity index is 3.08. The molecule has 0 rings (SSSR count). The van der Waals surface area contributed by atoms with Crippen molar-refractivity contribution in [2.24, 2.45) is 0 Å². The first-order chi connectivity index (χ1) is 6.85. The van der Waals surface area contributed by atoms with Crippen LogP contribution in [-0.4, -0.2) is 37.6 Å². The molecule has 0 saturated heterocycles. The molecule has 0 amide bonds. The van der Waals surface area contributed by atoms with Crippen LogP contribution < -0.4 is 0 Å². The van der Waals surface area contributed by atoms with Crippen LogP contribution in [0.4, 0.5) is 0 Å². The summed E-state index contributed by atoms with van der Waals surface area (Å²) in [6.45, 7) is 9.81. The minimum absolute atomic E-state index is 0.523. The lowest BCUT2D eigenvalue weighted by Crippen LogP contribution is -2.23. The first-order valence-electron chi connectivity index (χ1n) is 5.56. The summed E-state index contributed by atoms with van der Waals surface area (Å²) in [6, 6.07) is 0. The normalized spacial score (nSPS) is 10.5. The topological polar surface area (TPSA) is 29.5 Å². The van der Waals surface area contributed by atoms with E-state index in [1.54, 1.807) is 0 Å². The Morgan fingerprint density at radius 1 is 1.07 bits per heavy atom. The summed E-state index contributed by atoms with van der Waals surface area (Å²) in [4.78, 5) is 12.1. The smallest absolute Gasteiger partial charge is 0.417 e. The number of hydrogen-bond donors (Lipinski definition) is 0. The van der Waals surface area contributed by atoms with Gasteiger partial charge in [0.15, 0.2) is 0 Å². The van der Waals surface area contributed by atoms with Crippen LogP contribution in [-0.2, 0) is 9.53 Å². The van der Waals surface area contributed by atoms with Gasteiger partial charge in [0.1, 0.15) is 0 Å². The Morgan fingerprint density at radius 3 is 2.29 bits per heavy atom. The molecule has 1 radical (unpaired) electrons. The molecule has 14 heavy (non-hydrogen) atoms. The fraction of sp³-hybridized carbons (Fsp3) is 0.909. The molecule has 83 valence electrons. The molecule has 0 heterocycles. The maximum absolute atomic E-state index is 9.71. The number of rotatable bonds is 10. The molecule has 0 bridgehead atoms. The summed E-state index contributed by atoms with van der Waals surface area (Å²) in [7, 11) is 0. The minimum Gasteiger partial charge on any atom is -0.457 e. The van der Waals surface area contributed by atoms with Crippen LogP contribution in [0.5, 0.6) is 0 Å². The Bertz CT molecular complexity index is 124. The van der Waals surface area contributed by atoms with Crippen LogP contribution in [0.1, 0.15) is 39.5 Å². The van der Waals surface area contributed by atoms with Crippen molar-refractivity contribution in [2.45, 2.75) is 39.5 Å². The molecule has 0 unspecified atom stereocenters. The molecule has 0 aliphatic carbocycles. The van der Waals surface area contributed by atoms with Gasteiger partial charge in [-0.3, -0.25) is 0 Å². The summed E-state index contributed by atoms with van der Waals surface area (Å²) in [5.74, 6) is 0. The lowest BCUT2D eigenvalue weighted by molar-refractivity contribution is 0.263. The third-order valence-electron chi connectivity index (χ3n) is 2.42. The van der Waals surface area contributed by atoms with Crippen molar-refractivity contribution in [3.05, 3.63) is 0 Å². The van der Waals surface area contributed by atoms with Gasteiger partial charge in [0.2, 0.25) is 0 Å². The largest absolute Gasteiger partial charge is 0.457 e. The molecule has 0 aromatic rings. The van der Waals surface area contributed by atoms with Crippen LogP contribution in [0, 0.1) is 0 Å². The van der Waals surface area contributed by atoms with Gasteiger partial charge >= 0.3 is 6.47 Å². The van der Waals surface area contributed by atoms with Gasteiger partial charge in [0.05, 0.1) is 6.61 Å². The van der Waals surface area contributed by atoms with E-state index in [2.05, 4.69) is 23.5 Å². The second-order valence-electron chi connectivity index (χ2n) is 3.37. The van der Waals surface area contributed by atoms with Gasteiger partial charge in [-0.25, -0.2) is 4.79 Å². The van der Waals surface area contributed by atoms with E-state index >= 15 is 0 Å². The highest BCUT2D eigenvalue weighted by molar-refractivity contribution is 5.37. The van der Waals surface area contributed by atoms with E-state index < -0.39 is 0 Å². The molecule has 0 saturated carbocycles. The van der Waals surface area contributed by atoms with Gasteiger partial charge in [-0.15, -0.1) is 0 Å². The van der Waals surface area contributed by atoms with Crippen LogP contribution in [0.15, 0.2) is 0 Å². The maximum Gasteiger partial charge on any atom is 0.417 e. The summed E-state index contributed by atoms with van der Waals surface area (Å²) >= 11 is 0. The summed E-state index contributed by atoms with van der Waals surface area (Å²) in [5, 5.41) is 0. The zero-order valence-electron chi connectivity index (χ0n) is 9.42. The van der Waals surface area contributed by atoms with Gasteiger partial charge in [0, 0.05) is 0 Å². The lowest BCUT2D eigenvalue weighted by atomic mass is 10.2. The van der Waals surface area contributed by atoms with Crippen molar-refractivity contribution in [3.8, 4) is 0 Å². The Kier molecular flexibility index (Phi) is 10.1. The van der Waals surface area contributed by atoms with Gasteiger partial charge in [0.25, 0.3) is 0 Å². The van der Waals surface area contributed by atoms with E-state index in [1.165, 1.54) is 25.9 Å². The molecule has 0 spiro atoms. The fourth-order valence-corrected chi connectivity index (χ4v) is 1.44. The van der Waals surface area contributed by atoms with Gasteiger partial charge in [-0.05, 0) is 32.5 Å². The first-order valence-corrected chi connectivity index (χ1v) is 5.56. The molecular formula is C11H22NO2. The number of ether oxygens (including phenoxy) is 1. The quantitative estimate of drug-likeness (QED) is 0.505. The van der Waals surface area contributed by atoms with E-state index in [9.17, 15) is 4.79 Å². The zero-order chi connectivity index (χ0) is 10.6. The standard InChI is InChI=1S/C11H22NO2/c1-3-12(4-2)9-7-5-6-8-10-14-11-13/h3-10H2,1-2H3. The summed E-state index contributed by atoms with van der Waals surface area (Å²) in [5.41, 5.74) is 0. The molecule has 0 fully saturated rings. The number of unbranched alkanes of at least 4 members (excludes halogenated alkanes) is 3. The zero-order valence-corrected chi connectivity index (χ0v) is 9.42. The molecule has 3 heteroatoms. The molecule has 0 N–H and O–H groups in total. The number of hydrogen-bond acceptors (Lipinski definition) is 3. The van der Waals surface area contributed by atoms with Gasteiger partial charge in [-0.1, -0.05) is 26.7 Å². The minimum atomic E-state index is 0.523. The first kappa shape index (κ1) is 13.4. The molecule has 0 atom stereocenters. The second kappa shape index (κ2) is 10.5. The second-order valence-corrected chi connectivity index (χ2v) is 3.37. The average Bonchev–Trinajstić information content (AvgIpc) is 2.22. The Morgan fingerprint density at radius 2 is 1.71 bits per heavy atom. The monoisotopic (exact) mass is 200 g/mol. The highest BCUT2D eigenvalue weighted by Crippen LogP contribution is 2.01. The van der Waals surface area contributed by atoms with Crippen molar-refractivity contribution in [1.29, 1.82) is 0 Å². The Hall–Kier alpha value is -0.570. The molecule has 0 aromatic carbocycles. The Labute approximate surface area is 87.4 Å². The van der Waals surface area contributed by atoms with E-state index in [0.717, 1.165) is 25.9 Å². The molecule has 0 aliphatic rings. The van der Waals surface area contributed by atoms with Crippen molar-refractivity contribution in [1.82, 2.24) is 4.90 Å². The molecule has 0 aromatic heterocycles. The van der Waals surface area contributed by atoms with Crippen LogP contribution in [0.3, 0.4) is 0 Å². The van der Waals surface area contributed by atoms with Crippen molar-refractivity contribution in [3.63, 3.8) is 0 Å². The maximum atomic E-state index is 9.71. The highest BCUT2D eigenvalue weighted by atomic mass is 16.5. The van der Waals surface area contributed by atoms with Crippen LogP contribution in [0.25, 0.3) is 0 Å². The predicted octanol–water partition coefficient (Wildman–Crippen LogP) is 1.97. The molecular weight excluding hydrogens is 178 g/mol. The van der Waals surface area contributed by atoms with E-state index in [4.69, 9.17) is 0 Å². The van der Waals surface area contributed by atoms with Crippen molar-refractivity contribution in [2.75, 3.05) is 26.2 Å². The third kappa shape index (κ3) is 8.05. The van der Waals surface area contributed by atoms with Gasteiger partial charge < -0.3 is 9.64 Å². The molecule has 0 aliphatic heterocycles. The lowest BCUT2D eigenvalue weighted by Gasteiger charge is -2.17. The predicted molar refractivity (Wildman–Crippen MR) is 57.9 cm³/mol. The van der Waals surface area contributed by atoms with E-state index in [1.807, 2.05) is 0 Å². The SMILES string of the molecule is CCN(CC)CCCCCCO[C]=O. The summed E-state index contributed by atoms with van der Waals surface area (Å²) in [6.07, 6.45) is 4.57. The van der Waals surface area contributed by atoms with Crippen molar-refractivity contribution < 1.29 is 9.53 Å².